The zero-order valence-corrected chi connectivity index (χ0v) is 10.3. The number of halogens is 1. The van der Waals surface area contributed by atoms with Gasteiger partial charge in [0.15, 0.2) is 0 Å². The average Bonchev–Trinajstić information content (AvgIpc) is 2.14. The van der Waals surface area contributed by atoms with E-state index < -0.39 is 14.0 Å². The third-order valence-electron chi connectivity index (χ3n) is 2.22. The zero-order valence-electron chi connectivity index (χ0n) is 8.73. The molecule has 0 unspecified atom stereocenters. The van der Waals surface area contributed by atoms with Gasteiger partial charge in [0.2, 0.25) is 0 Å². The summed E-state index contributed by atoms with van der Waals surface area (Å²) in [4.78, 5) is 9.86. The molecule has 0 amide bonds. The summed E-state index contributed by atoms with van der Waals surface area (Å²) in [5, 5.41) is 10.7. The lowest BCUT2D eigenvalue weighted by molar-refractivity contribution is -0.385. The van der Waals surface area contributed by atoms with Gasteiger partial charge in [-0.2, -0.15) is 0 Å². The van der Waals surface area contributed by atoms with Gasteiger partial charge in [-0.1, -0.05) is 6.92 Å². The van der Waals surface area contributed by atoms with Gasteiger partial charge in [-0.3, -0.25) is 10.1 Å². The molecule has 1 rings (SSSR count). The monoisotopic (exact) mass is 263 g/mol. The Hall–Kier alpha value is -1.14. The normalized spacial score (nSPS) is 11.4. The van der Waals surface area contributed by atoms with E-state index in [0.717, 1.165) is 6.07 Å². The van der Waals surface area contributed by atoms with Crippen LogP contribution in [0.5, 0.6) is 0 Å². The van der Waals surface area contributed by atoms with Gasteiger partial charge in [0.1, 0.15) is 0 Å². The summed E-state index contributed by atoms with van der Waals surface area (Å²) in [6, 6.07) is 2.49. The van der Waals surface area contributed by atoms with Crippen LogP contribution in [0.25, 0.3) is 0 Å². The van der Waals surface area contributed by atoms with Gasteiger partial charge in [-0.15, -0.1) is 0 Å². The molecular weight excluding hydrogens is 254 g/mol. The molecule has 0 saturated heterocycles. The van der Waals surface area contributed by atoms with E-state index in [1.165, 1.54) is 6.07 Å². The lowest BCUT2D eigenvalue weighted by atomic mass is 10.1. The van der Waals surface area contributed by atoms with Crippen LogP contribution in [0.3, 0.4) is 0 Å². The highest BCUT2D eigenvalue weighted by Crippen LogP contribution is 2.28. The van der Waals surface area contributed by atoms with Crippen LogP contribution in [-0.2, 0) is 15.5 Å². The van der Waals surface area contributed by atoms with Crippen molar-refractivity contribution < 1.29 is 13.3 Å². The summed E-state index contributed by atoms with van der Waals surface area (Å²) in [6.07, 6.45) is 0.445. The second kappa shape index (κ2) is 4.39. The second-order valence-electron chi connectivity index (χ2n) is 3.29. The maximum Gasteiger partial charge on any atom is 0.273 e. The fourth-order valence-corrected chi connectivity index (χ4v) is 2.64. The van der Waals surface area contributed by atoms with Crippen molar-refractivity contribution in [2.75, 3.05) is 0 Å². The van der Waals surface area contributed by atoms with Crippen molar-refractivity contribution in [1.82, 2.24) is 0 Å². The largest absolute Gasteiger partial charge is 0.273 e. The predicted octanol–water partition coefficient (Wildman–Crippen LogP) is 2.39. The van der Waals surface area contributed by atoms with Gasteiger partial charge < -0.3 is 0 Å². The molecule has 88 valence electrons. The smallest absolute Gasteiger partial charge is 0.258 e. The van der Waals surface area contributed by atoms with Crippen LogP contribution in [0, 0.1) is 17.0 Å². The molecule has 7 heteroatoms. The number of hydrogen-bond donors (Lipinski definition) is 0. The van der Waals surface area contributed by atoms with E-state index in [-0.39, 0.29) is 10.6 Å². The van der Waals surface area contributed by atoms with Gasteiger partial charge in [-0.05, 0) is 25.0 Å². The van der Waals surface area contributed by atoms with Crippen molar-refractivity contribution in [3.05, 3.63) is 33.4 Å². The molecule has 0 N–H and O–H groups in total. The Balaban J connectivity index is 3.60. The van der Waals surface area contributed by atoms with Crippen LogP contribution in [-0.4, -0.2) is 13.3 Å². The molecule has 1 aromatic rings. The van der Waals surface area contributed by atoms with Gasteiger partial charge in [-0.25, -0.2) is 8.42 Å². The molecule has 5 nitrogen and oxygen atoms in total. The Bertz CT molecular complexity index is 539. The topological polar surface area (TPSA) is 77.3 Å². The summed E-state index contributed by atoms with van der Waals surface area (Å²) >= 11 is 0. The molecule has 0 aliphatic heterocycles. The SMILES string of the molecule is CCc1cc(C)c([N+](=O)[O-])cc1S(=O)(=O)Cl. The van der Waals surface area contributed by atoms with Gasteiger partial charge >= 0.3 is 0 Å². The van der Waals surface area contributed by atoms with E-state index in [0.29, 0.717) is 17.5 Å². The molecular formula is C9H10ClNO4S. The third kappa shape index (κ3) is 2.51. The first kappa shape index (κ1) is 12.9. The predicted molar refractivity (Wildman–Crippen MR) is 60.3 cm³/mol. The minimum Gasteiger partial charge on any atom is -0.258 e. The van der Waals surface area contributed by atoms with E-state index in [4.69, 9.17) is 10.7 Å². The van der Waals surface area contributed by atoms with E-state index in [1.54, 1.807) is 13.8 Å². The highest BCUT2D eigenvalue weighted by Gasteiger charge is 2.21. The quantitative estimate of drug-likeness (QED) is 0.477. The third-order valence-corrected chi connectivity index (χ3v) is 3.62. The average molecular weight is 264 g/mol. The molecule has 0 radical (unpaired) electrons. The second-order valence-corrected chi connectivity index (χ2v) is 5.83. The van der Waals surface area contributed by atoms with E-state index in [2.05, 4.69) is 0 Å². The van der Waals surface area contributed by atoms with Crippen molar-refractivity contribution >= 4 is 25.4 Å². The molecule has 0 aliphatic rings. The summed E-state index contributed by atoms with van der Waals surface area (Å²) in [5.74, 6) is 0. The van der Waals surface area contributed by atoms with Crippen LogP contribution in [0.15, 0.2) is 17.0 Å². The molecule has 0 atom stereocenters. The summed E-state index contributed by atoms with van der Waals surface area (Å²) in [6.45, 7) is 3.31. The Morgan fingerprint density at radius 3 is 2.38 bits per heavy atom. The summed E-state index contributed by atoms with van der Waals surface area (Å²) < 4.78 is 22.5. The number of nitro groups is 1. The van der Waals surface area contributed by atoms with Crippen LogP contribution >= 0.6 is 10.7 Å². The minimum atomic E-state index is -3.95. The van der Waals surface area contributed by atoms with E-state index in [9.17, 15) is 18.5 Å². The standard InChI is InChI=1S/C9H10ClNO4S/c1-3-7-4-6(2)8(11(12)13)5-9(7)16(10,14)15/h4-5H,3H2,1-2H3. The molecule has 0 aliphatic carbocycles. The molecule has 1 aromatic carbocycles. The lowest BCUT2D eigenvalue weighted by Crippen LogP contribution is -2.01. The van der Waals surface area contributed by atoms with Crippen molar-refractivity contribution in [3.8, 4) is 0 Å². The molecule has 0 fully saturated rings. The number of aryl methyl sites for hydroxylation is 2. The fourth-order valence-electron chi connectivity index (χ4n) is 1.44. The number of nitro benzene ring substituents is 1. The Morgan fingerprint density at radius 1 is 1.44 bits per heavy atom. The zero-order chi connectivity index (χ0) is 12.5. The molecule has 16 heavy (non-hydrogen) atoms. The van der Waals surface area contributed by atoms with E-state index in [1.807, 2.05) is 0 Å². The first-order valence-electron chi connectivity index (χ1n) is 4.50. The minimum absolute atomic E-state index is 0.186. The summed E-state index contributed by atoms with van der Waals surface area (Å²) in [5.41, 5.74) is 0.667. The lowest BCUT2D eigenvalue weighted by Gasteiger charge is -2.06. The molecule has 0 saturated carbocycles. The number of rotatable bonds is 3. The first-order valence-corrected chi connectivity index (χ1v) is 6.81. The van der Waals surface area contributed by atoms with Crippen molar-refractivity contribution in [2.24, 2.45) is 0 Å². The van der Waals surface area contributed by atoms with Gasteiger partial charge in [0.25, 0.3) is 14.7 Å². The fraction of sp³-hybridized carbons (Fsp3) is 0.333. The Labute approximate surface area is 97.6 Å². The molecule has 0 heterocycles. The maximum atomic E-state index is 11.2. The molecule has 0 spiro atoms. The molecule has 0 aromatic heterocycles. The van der Waals surface area contributed by atoms with Crippen molar-refractivity contribution in [3.63, 3.8) is 0 Å². The van der Waals surface area contributed by atoms with Crippen molar-refractivity contribution in [1.29, 1.82) is 0 Å². The van der Waals surface area contributed by atoms with Gasteiger partial charge in [0.05, 0.1) is 9.82 Å². The number of nitrogens with zero attached hydrogens (tertiary/aromatic N) is 1. The van der Waals surface area contributed by atoms with Crippen LogP contribution < -0.4 is 0 Å². The molecule has 0 bridgehead atoms. The van der Waals surface area contributed by atoms with Crippen LogP contribution in [0.2, 0.25) is 0 Å². The van der Waals surface area contributed by atoms with Crippen LogP contribution in [0.4, 0.5) is 5.69 Å². The van der Waals surface area contributed by atoms with Crippen molar-refractivity contribution in [2.45, 2.75) is 25.2 Å². The van der Waals surface area contributed by atoms with Crippen LogP contribution in [0.1, 0.15) is 18.1 Å². The number of hydrogen-bond acceptors (Lipinski definition) is 4. The van der Waals surface area contributed by atoms with Gasteiger partial charge in [0, 0.05) is 22.3 Å². The van der Waals surface area contributed by atoms with E-state index >= 15 is 0 Å². The Kier molecular flexibility index (Phi) is 3.54. The highest BCUT2D eigenvalue weighted by atomic mass is 35.7. The maximum absolute atomic E-state index is 11.2. The highest BCUT2D eigenvalue weighted by molar-refractivity contribution is 8.13. The Morgan fingerprint density at radius 2 is 2.00 bits per heavy atom. The first-order chi connectivity index (χ1) is 7.27. The number of benzene rings is 1. The summed E-state index contributed by atoms with van der Waals surface area (Å²) in [7, 11) is 1.27.